The van der Waals surface area contributed by atoms with Crippen molar-refractivity contribution in [1.82, 2.24) is 9.66 Å². The second-order valence-corrected chi connectivity index (χ2v) is 10.2. The molecule has 6 aromatic rings. The second kappa shape index (κ2) is 11.7. The van der Waals surface area contributed by atoms with Gasteiger partial charge in [-0.3, -0.25) is 19.7 Å². The van der Waals surface area contributed by atoms with Crippen molar-refractivity contribution >= 4 is 61.3 Å². The first-order valence-corrected chi connectivity index (χ1v) is 13.7. The molecule has 43 heavy (non-hydrogen) atoms. The Morgan fingerprint density at radius 2 is 1.84 bits per heavy atom. The number of nitrogens with zero attached hydrogens (tertiary/aromatic N) is 4. The highest BCUT2D eigenvalue weighted by Crippen LogP contribution is 2.29. The number of rotatable bonds is 8. The van der Waals surface area contributed by atoms with Crippen molar-refractivity contribution in [1.29, 1.82) is 0 Å². The number of hydrogen-bond acceptors (Lipinski definition) is 8. The van der Waals surface area contributed by atoms with Crippen LogP contribution in [0.3, 0.4) is 0 Å². The van der Waals surface area contributed by atoms with Crippen molar-refractivity contribution in [2.45, 2.75) is 0 Å². The number of non-ortho nitro benzene ring substituents is 1. The van der Waals surface area contributed by atoms with Crippen molar-refractivity contribution in [3.05, 3.63) is 128 Å². The fourth-order valence-corrected chi connectivity index (χ4v) is 4.76. The van der Waals surface area contributed by atoms with Crippen molar-refractivity contribution in [3.8, 4) is 17.3 Å². The standard InChI is InChI=1S/C31H20BrN5O6/c32-21-10-12-27-19(14-21)16-28(43-27)30-35-25-9-5-4-8-24(25)31(39)36(30)33-17-20-15-23(37(40)41)11-13-26(20)42-18-29(38)34-22-6-2-1-3-7-22/h1-17H,18H2,(H,34,38). The van der Waals surface area contributed by atoms with Crippen LogP contribution in [0.25, 0.3) is 33.5 Å². The molecule has 12 heteroatoms. The predicted molar refractivity (Wildman–Crippen MR) is 166 cm³/mol. The first-order valence-electron chi connectivity index (χ1n) is 12.9. The maximum atomic E-state index is 13.6. The van der Waals surface area contributed by atoms with Gasteiger partial charge in [0, 0.05) is 33.2 Å². The molecular formula is C31H20BrN5O6. The lowest BCUT2D eigenvalue weighted by Gasteiger charge is -2.10. The Kier molecular flexibility index (Phi) is 7.50. The number of aromatic nitrogens is 2. The molecule has 0 radical (unpaired) electrons. The monoisotopic (exact) mass is 637 g/mol. The molecule has 0 saturated carbocycles. The molecule has 6 rings (SSSR count). The Hall–Kier alpha value is -5.62. The number of carbonyl (C=O) groups excluding carboxylic acids is 1. The number of amides is 1. The number of hydrogen-bond donors (Lipinski definition) is 1. The quantitative estimate of drug-likeness (QED) is 0.116. The molecule has 0 aliphatic heterocycles. The fourth-order valence-electron chi connectivity index (χ4n) is 4.38. The van der Waals surface area contributed by atoms with Crippen LogP contribution in [0.1, 0.15) is 5.56 Å². The molecule has 2 aromatic heterocycles. The number of anilines is 1. The summed E-state index contributed by atoms with van der Waals surface area (Å²) in [5.41, 5.74) is 1.08. The largest absolute Gasteiger partial charge is 0.483 e. The summed E-state index contributed by atoms with van der Waals surface area (Å²) in [6, 6.07) is 26.8. The molecule has 0 unspecified atom stereocenters. The summed E-state index contributed by atoms with van der Waals surface area (Å²) in [4.78, 5) is 41.7. The predicted octanol–water partition coefficient (Wildman–Crippen LogP) is 6.38. The van der Waals surface area contributed by atoms with Gasteiger partial charge in [-0.05, 0) is 54.6 Å². The van der Waals surface area contributed by atoms with Gasteiger partial charge in [0.05, 0.1) is 22.0 Å². The van der Waals surface area contributed by atoms with Gasteiger partial charge in [0.1, 0.15) is 11.3 Å². The molecular weight excluding hydrogens is 618 g/mol. The number of para-hydroxylation sites is 2. The van der Waals surface area contributed by atoms with Crippen LogP contribution in [0.5, 0.6) is 5.75 Å². The van der Waals surface area contributed by atoms with E-state index >= 15 is 0 Å². The molecule has 11 nitrogen and oxygen atoms in total. The maximum Gasteiger partial charge on any atom is 0.282 e. The van der Waals surface area contributed by atoms with Gasteiger partial charge in [-0.1, -0.05) is 46.3 Å². The summed E-state index contributed by atoms with van der Waals surface area (Å²) in [7, 11) is 0. The summed E-state index contributed by atoms with van der Waals surface area (Å²) in [6.45, 7) is -0.370. The van der Waals surface area contributed by atoms with E-state index in [0.29, 0.717) is 27.9 Å². The van der Waals surface area contributed by atoms with E-state index in [-0.39, 0.29) is 29.4 Å². The molecule has 0 saturated heterocycles. The van der Waals surface area contributed by atoms with Crippen molar-refractivity contribution in [2.24, 2.45) is 5.10 Å². The second-order valence-electron chi connectivity index (χ2n) is 9.29. The Labute approximate surface area is 251 Å². The van der Waals surface area contributed by atoms with E-state index in [1.165, 1.54) is 24.4 Å². The number of furan rings is 1. The molecule has 0 atom stereocenters. The van der Waals surface area contributed by atoms with Gasteiger partial charge in [-0.15, -0.1) is 0 Å². The van der Waals surface area contributed by atoms with E-state index in [0.717, 1.165) is 14.5 Å². The van der Waals surface area contributed by atoms with Crippen LogP contribution in [0.15, 0.2) is 116 Å². The molecule has 0 aliphatic carbocycles. The first kappa shape index (κ1) is 27.5. The van der Waals surface area contributed by atoms with E-state index < -0.39 is 16.4 Å². The summed E-state index contributed by atoms with van der Waals surface area (Å²) in [5, 5.41) is 19.7. The topological polar surface area (TPSA) is 142 Å². The van der Waals surface area contributed by atoms with Crippen LogP contribution in [0.2, 0.25) is 0 Å². The van der Waals surface area contributed by atoms with Gasteiger partial charge in [-0.2, -0.15) is 9.78 Å². The Balaban J connectivity index is 1.40. The lowest BCUT2D eigenvalue weighted by Crippen LogP contribution is -2.21. The van der Waals surface area contributed by atoms with Gasteiger partial charge < -0.3 is 14.5 Å². The number of nitro groups is 1. The van der Waals surface area contributed by atoms with E-state index in [1.54, 1.807) is 60.7 Å². The van der Waals surface area contributed by atoms with E-state index in [1.807, 2.05) is 18.2 Å². The molecule has 2 heterocycles. The molecule has 1 amide bonds. The Morgan fingerprint density at radius 1 is 1.05 bits per heavy atom. The lowest BCUT2D eigenvalue weighted by molar-refractivity contribution is -0.384. The maximum absolute atomic E-state index is 13.6. The highest BCUT2D eigenvalue weighted by atomic mass is 79.9. The summed E-state index contributed by atoms with van der Waals surface area (Å²) >= 11 is 3.45. The van der Waals surface area contributed by atoms with Crippen molar-refractivity contribution in [2.75, 3.05) is 11.9 Å². The minimum absolute atomic E-state index is 0.127. The smallest absolute Gasteiger partial charge is 0.282 e. The Morgan fingerprint density at radius 3 is 2.65 bits per heavy atom. The summed E-state index contributed by atoms with van der Waals surface area (Å²) < 4.78 is 13.6. The van der Waals surface area contributed by atoms with Crippen molar-refractivity contribution in [3.63, 3.8) is 0 Å². The number of benzene rings is 4. The zero-order valence-electron chi connectivity index (χ0n) is 22.1. The van der Waals surface area contributed by atoms with Crippen LogP contribution in [0, 0.1) is 10.1 Å². The van der Waals surface area contributed by atoms with E-state index in [2.05, 4.69) is 31.3 Å². The molecule has 0 fully saturated rings. The average Bonchev–Trinajstić information content (AvgIpc) is 3.43. The lowest BCUT2D eigenvalue weighted by atomic mass is 10.2. The third-order valence-electron chi connectivity index (χ3n) is 6.39. The molecule has 212 valence electrons. The minimum Gasteiger partial charge on any atom is -0.483 e. The van der Waals surface area contributed by atoms with Crippen LogP contribution in [-0.4, -0.2) is 33.3 Å². The van der Waals surface area contributed by atoms with Gasteiger partial charge in [0.2, 0.25) is 5.82 Å². The number of ether oxygens (including phenoxy) is 1. The number of halogens is 1. The Bertz CT molecular complexity index is 2110. The van der Waals surface area contributed by atoms with Gasteiger partial charge in [0.25, 0.3) is 17.2 Å². The van der Waals surface area contributed by atoms with E-state index in [9.17, 15) is 19.7 Å². The van der Waals surface area contributed by atoms with Crippen LogP contribution in [-0.2, 0) is 4.79 Å². The number of nitro benzene ring substituents is 1. The summed E-state index contributed by atoms with van der Waals surface area (Å²) in [6.07, 6.45) is 1.25. The zero-order valence-corrected chi connectivity index (χ0v) is 23.7. The number of nitrogens with one attached hydrogen (secondary N) is 1. The van der Waals surface area contributed by atoms with Crippen molar-refractivity contribution < 1.29 is 18.9 Å². The molecule has 4 aromatic carbocycles. The molecule has 0 bridgehead atoms. The number of carbonyl (C=O) groups is 1. The molecule has 0 spiro atoms. The van der Waals surface area contributed by atoms with Gasteiger partial charge >= 0.3 is 0 Å². The molecule has 1 N–H and O–H groups in total. The van der Waals surface area contributed by atoms with Gasteiger partial charge in [-0.25, -0.2) is 4.98 Å². The minimum atomic E-state index is -0.565. The fraction of sp³-hybridized carbons (Fsp3) is 0.0323. The third-order valence-corrected chi connectivity index (χ3v) is 6.88. The highest BCUT2D eigenvalue weighted by molar-refractivity contribution is 9.10. The normalized spacial score (nSPS) is 11.3. The average molecular weight is 638 g/mol. The van der Waals surface area contributed by atoms with Crippen LogP contribution < -0.4 is 15.6 Å². The molecule has 0 aliphatic rings. The zero-order chi connectivity index (χ0) is 29.9. The van der Waals surface area contributed by atoms with E-state index in [4.69, 9.17) is 9.15 Å². The first-order chi connectivity index (χ1) is 20.9. The summed E-state index contributed by atoms with van der Waals surface area (Å²) in [5.74, 6) is 0.138. The third kappa shape index (κ3) is 5.90. The van der Waals surface area contributed by atoms with Crippen LogP contribution >= 0.6 is 15.9 Å². The SMILES string of the molecule is O=C(COc1ccc([N+](=O)[O-])cc1C=Nn1c(-c2cc3cc(Br)ccc3o2)nc2ccccc2c1=O)Nc1ccccc1. The van der Waals surface area contributed by atoms with Gasteiger partial charge in [0.15, 0.2) is 12.4 Å². The number of fused-ring (bicyclic) bond motifs is 2. The van der Waals surface area contributed by atoms with Crippen LogP contribution in [0.4, 0.5) is 11.4 Å². The highest BCUT2D eigenvalue weighted by Gasteiger charge is 2.18.